The summed E-state index contributed by atoms with van der Waals surface area (Å²) < 4.78 is 5.20. The van der Waals surface area contributed by atoms with Gasteiger partial charge in [0.15, 0.2) is 0 Å². The van der Waals surface area contributed by atoms with Gasteiger partial charge in [-0.15, -0.1) is 0 Å². The molecule has 0 atom stereocenters. The Morgan fingerprint density at radius 3 is 2.25 bits per heavy atom. The fourth-order valence-electron chi connectivity index (χ4n) is 4.15. The molecule has 192 valence electrons. The van der Waals surface area contributed by atoms with E-state index in [2.05, 4.69) is 16.2 Å². The summed E-state index contributed by atoms with van der Waals surface area (Å²) in [6.45, 7) is 0.346. The quantitative estimate of drug-likeness (QED) is 0.245. The van der Waals surface area contributed by atoms with Crippen molar-refractivity contribution in [3.63, 3.8) is 0 Å². The SMILES string of the molecule is O=C(CCCC(=O)OCCCc1ccccc1)NNC(=O)c1ccc(NC(=O)C2CCCCC2)cc1. The molecule has 2 aromatic carbocycles. The number of aryl methyl sites for hydroxylation is 1. The number of anilines is 1. The Hall–Kier alpha value is -3.68. The van der Waals surface area contributed by atoms with Crippen LogP contribution in [0.1, 0.15) is 73.7 Å². The molecule has 0 aromatic heterocycles. The molecule has 2 aromatic rings. The largest absolute Gasteiger partial charge is 0.466 e. The molecule has 3 amide bonds. The molecule has 3 N–H and O–H groups in total. The summed E-state index contributed by atoms with van der Waals surface area (Å²) in [5, 5.41) is 2.91. The standard InChI is InChI=1S/C28H35N3O5/c32-25(14-7-15-26(33)36-20-8-11-21-9-3-1-4-10-21)30-31-28(35)23-16-18-24(19-17-23)29-27(34)22-12-5-2-6-13-22/h1,3-4,9-10,16-19,22H,2,5-8,11-15,20H2,(H,29,34)(H,30,32)(H,31,35). The first-order chi connectivity index (χ1) is 17.5. The maximum atomic E-state index is 12.3. The molecule has 0 saturated heterocycles. The lowest BCUT2D eigenvalue weighted by atomic mass is 9.88. The highest BCUT2D eigenvalue weighted by atomic mass is 16.5. The first kappa shape index (κ1) is 26.9. The average Bonchev–Trinajstić information content (AvgIpc) is 2.91. The second-order valence-electron chi connectivity index (χ2n) is 9.07. The highest BCUT2D eigenvalue weighted by Crippen LogP contribution is 2.25. The molecule has 0 unspecified atom stereocenters. The third kappa shape index (κ3) is 9.52. The Kier molecular flexibility index (Phi) is 11.0. The predicted molar refractivity (Wildman–Crippen MR) is 137 cm³/mol. The van der Waals surface area contributed by atoms with E-state index in [0.717, 1.165) is 38.5 Å². The van der Waals surface area contributed by atoms with Gasteiger partial charge < -0.3 is 10.1 Å². The number of esters is 1. The molecule has 1 saturated carbocycles. The zero-order valence-electron chi connectivity index (χ0n) is 20.6. The zero-order chi connectivity index (χ0) is 25.6. The topological polar surface area (TPSA) is 114 Å². The van der Waals surface area contributed by atoms with E-state index in [9.17, 15) is 19.2 Å². The van der Waals surface area contributed by atoms with Crippen molar-refractivity contribution < 1.29 is 23.9 Å². The van der Waals surface area contributed by atoms with E-state index in [1.807, 2.05) is 30.3 Å². The van der Waals surface area contributed by atoms with E-state index in [0.29, 0.717) is 24.3 Å². The molecule has 3 rings (SSSR count). The third-order valence-electron chi connectivity index (χ3n) is 6.21. The Balaban J connectivity index is 1.26. The van der Waals surface area contributed by atoms with E-state index in [1.165, 1.54) is 12.0 Å². The van der Waals surface area contributed by atoms with Crippen LogP contribution in [0.15, 0.2) is 54.6 Å². The summed E-state index contributed by atoms with van der Waals surface area (Å²) >= 11 is 0. The van der Waals surface area contributed by atoms with E-state index in [4.69, 9.17) is 4.74 Å². The lowest BCUT2D eigenvalue weighted by Gasteiger charge is -2.20. The number of carbonyl (C=O) groups is 4. The molecule has 0 spiro atoms. The van der Waals surface area contributed by atoms with Gasteiger partial charge in [-0.05, 0) is 61.9 Å². The molecule has 8 heteroatoms. The molecule has 0 aliphatic heterocycles. The molecule has 1 fully saturated rings. The second-order valence-corrected chi connectivity index (χ2v) is 9.07. The van der Waals surface area contributed by atoms with Gasteiger partial charge >= 0.3 is 5.97 Å². The van der Waals surface area contributed by atoms with Crippen LogP contribution in [0.25, 0.3) is 0 Å². The Morgan fingerprint density at radius 1 is 0.806 bits per heavy atom. The molecule has 0 heterocycles. The predicted octanol–water partition coefficient (Wildman–Crippen LogP) is 4.31. The lowest BCUT2D eigenvalue weighted by Crippen LogP contribution is -2.41. The van der Waals surface area contributed by atoms with Crippen molar-refractivity contribution in [2.24, 2.45) is 5.92 Å². The van der Waals surface area contributed by atoms with Gasteiger partial charge in [0.05, 0.1) is 6.61 Å². The summed E-state index contributed by atoms with van der Waals surface area (Å²) in [7, 11) is 0. The highest BCUT2D eigenvalue weighted by molar-refractivity contribution is 5.97. The number of amides is 3. The van der Waals surface area contributed by atoms with Crippen LogP contribution in [0.2, 0.25) is 0 Å². The molecular formula is C28H35N3O5. The fourth-order valence-corrected chi connectivity index (χ4v) is 4.15. The van der Waals surface area contributed by atoms with Crippen LogP contribution >= 0.6 is 0 Å². The summed E-state index contributed by atoms with van der Waals surface area (Å²) in [6.07, 6.45) is 7.34. The van der Waals surface area contributed by atoms with Crippen LogP contribution in [0.4, 0.5) is 5.69 Å². The van der Waals surface area contributed by atoms with Gasteiger partial charge in [0.2, 0.25) is 11.8 Å². The Labute approximate surface area is 212 Å². The highest BCUT2D eigenvalue weighted by Gasteiger charge is 2.21. The number of hydrogen-bond acceptors (Lipinski definition) is 5. The minimum atomic E-state index is -0.466. The smallest absolute Gasteiger partial charge is 0.305 e. The summed E-state index contributed by atoms with van der Waals surface area (Å²) in [5.41, 5.74) is 6.91. The number of hydrazine groups is 1. The second kappa shape index (κ2) is 14.7. The molecule has 0 radical (unpaired) electrons. The number of benzene rings is 2. The summed E-state index contributed by atoms with van der Waals surface area (Å²) in [5.74, 6) is -1.12. The van der Waals surface area contributed by atoms with Crippen molar-refractivity contribution in [3.05, 3.63) is 65.7 Å². The van der Waals surface area contributed by atoms with Gasteiger partial charge in [0.1, 0.15) is 0 Å². The van der Waals surface area contributed by atoms with E-state index in [-0.39, 0.29) is 30.6 Å². The Bertz CT molecular complexity index is 1000. The van der Waals surface area contributed by atoms with Crippen molar-refractivity contribution in [2.75, 3.05) is 11.9 Å². The van der Waals surface area contributed by atoms with Gasteiger partial charge in [0, 0.05) is 30.0 Å². The van der Waals surface area contributed by atoms with Gasteiger partial charge in [-0.25, -0.2) is 0 Å². The van der Waals surface area contributed by atoms with Crippen LogP contribution in [0, 0.1) is 5.92 Å². The van der Waals surface area contributed by atoms with Gasteiger partial charge in [-0.3, -0.25) is 30.0 Å². The number of rotatable bonds is 11. The van der Waals surface area contributed by atoms with Gasteiger partial charge in [-0.2, -0.15) is 0 Å². The molecule has 8 nitrogen and oxygen atoms in total. The maximum Gasteiger partial charge on any atom is 0.305 e. The van der Waals surface area contributed by atoms with Crippen LogP contribution in [0.5, 0.6) is 0 Å². The summed E-state index contributed by atoms with van der Waals surface area (Å²) in [4.78, 5) is 48.4. The van der Waals surface area contributed by atoms with E-state index < -0.39 is 11.8 Å². The number of nitrogens with one attached hydrogen (secondary N) is 3. The van der Waals surface area contributed by atoms with Crippen molar-refractivity contribution in [2.45, 2.75) is 64.2 Å². The zero-order valence-corrected chi connectivity index (χ0v) is 20.6. The van der Waals surface area contributed by atoms with Crippen molar-refractivity contribution >= 4 is 29.4 Å². The molecule has 36 heavy (non-hydrogen) atoms. The normalized spacial score (nSPS) is 13.4. The Morgan fingerprint density at radius 2 is 1.53 bits per heavy atom. The first-order valence-electron chi connectivity index (χ1n) is 12.7. The number of hydrogen-bond donors (Lipinski definition) is 3. The first-order valence-corrected chi connectivity index (χ1v) is 12.7. The van der Waals surface area contributed by atoms with Crippen LogP contribution in [-0.4, -0.2) is 30.3 Å². The van der Waals surface area contributed by atoms with Crippen LogP contribution in [0.3, 0.4) is 0 Å². The number of carbonyl (C=O) groups excluding carboxylic acids is 4. The minimum absolute atomic E-state index is 0.0234. The third-order valence-corrected chi connectivity index (χ3v) is 6.21. The molecular weight excluding hydrogens is 458 g/mol. The van der Waals surface area contributed by atoms with Crippen molar-refractivity contribution in [1.29, 1.82) is 0 Å². The van der Waals surface area contributed by atoms with Crippen LogP contribution in [-0.2, 0) is 25.5 Å². The monoisotopic (exact) mass is 493 g/mol. The molecule has 1 aliphatic carbocycles. The summed E-state index contributed by atoms with van der Waals surface area (Å²) in [6, 6.07) is 16.5. The van der Waals surface area contributed by atoms with Crippen LogP contribution < -0.4 is 16.2 Å². The average molecular weight is 494 g/mol. The van der Waals surface area contributed by atoms with Crippen molar-refractivity contribution in [3.8, 4) is 0 Å². The minimum Gasteiger partial charge on any atom is -0.466 e. The van der Waals surface area contributed by atoms with Crippen molar-refractivity contribution in [1.82, 2.24) is 10.9 Å². The number of ether oxygens (including phenoxy) is 1. The van der Waals surface area contributed by atoms with Gasteiger partial charge in [0.25, 0.3) is 5.91 Å². The lowest BCUT2D eigenvalue weighted by molar-refractivity contribution is -0.143. The molecule has 1 aliphatic rings. The molecule has 0 bridgehead atoms. The fraction of sp³-hybridized carbons (Fsp3) is 0.429. The van der Waals surface area contributed by atoms with E-state index >= 15 is 0 Å². The van der Waals surface area contributed by atoms with E-state index in [1.54, 1.807) is 24.3 Å². The maximum absolute atomic E-state index is 12.3. The van der Waals surface area contributed by atoms with Gasteiger partial charge in [-0.1, -0.05) is 49.6 Å².